The molecular weight excluding hydrogens is 380 g/mol. The predicted molar refractivity (Wildman–Crippen MR) is 138 cm³/mol. The third-order valence-corrected chi connectivity index (χ3v) is 4.60. The summed E-state index contributed by atoms with van der Waals surface area (Å²) in [6.07, 6.45) is 6.65. The summed E-state index contributed by atoms with van der Waals surface area (Å²) < 4.78 is 0. The average Bonchev–Trinajstić information content (AvgIpc) is 2.80. The molecule has 2 rings (SSSR count). The van der Waals surface area contributed by atoms with Gasteiger partial charge in [-0.1, -0.05) is 128 Å². The third kappa shape index (κ3) is 17.2. The number of hydrogen-bond acceptors (Lipinski definition) is 2. The normalized spacial score (nSPS) is 10.8. The molecule has 0 saturated heterocycles. The summed E-state index contributed by atoms with van der Waals surface area (Å²) in [5.41, 5.74) is 3.85. The summed E-state index contributed by atoms with van der Waals surface area (Å²) >= 11 is 0. The van der Waals surface area contributed by atoms with Crippen molar-refractivity contribution < 1.29 is 9.90 Å². The standard InChI is InChI=1S/C14H12.C12H26O.C2H6.CH2O/c1-12(13-8-4-2-5-9-13)14-10-6-3-7-11-14;1-5-6-8-11(13)9-7-10-12(2,3)4;2*1-2/h2-11H,1H2;11,13H,5-10H2,1-4H3;1-2H3;1H2. The lowest BCUT2D eigenvalue weighted by atomic mass is 9.89. The molecule has 0 bridgehead atoms. The number of unbranched alkanes of at least 4 members (excludes halogenated alkanes) is 1. The van der Waals surface area contributed by atoms with Crippen molar-refractivity contribution in [2.24, 2.45) is 5.41 Å². The number of carbonyl (C=O) groups excluding carboxylic acids is 1. The Morgan fingerprint density at radius 1 is 0.839 bits per heavy atom. The van der Waals surface area contributed by atoms with Crippen molar-refractivity contribution in [2.45, 2.75) is 86.2 Å². The molecule has 2 aromatic carbocycles. The highest BCUT2D eigenvalue weighted by atomic mass is 16.3. The lowest BCUT2D eigenvalue weighted by molar-refractivity contribution is -0.0980. The fourth-order valence-corrected chi connectivity index (χ4v) is 2.90. The van der Waals surface area contributed by atoms with Crippen LogP contribution < -0.4 is 0 Å². The second kappa shape index (κ2) is 19.8. The van der Waals surface area contributed by atoms with Crippen molar-refractivity contribution in [3.05, 3.63) is 78.4 Å². The third-order valence-electron chi connectivity index (χ3n) is 4.60. The smallest absolute Gasteiger partial charge is 0.106 e. The monoisotopic (exact) mass is 426 g/mol. The molecule has 0 aromatic heterocycles. The Labute approximate surface area is 192 Å². The molecule has 31 heavy (non-hydrogen) atoms. The molecule has 0 saturated carbocycles. The van der Waals surface area contributed by atoms with Gasteiger partial charge >= 0.3 is 0 Å². The van der Waals surface area contributed by atoms with Gasteiger partial charge < -0.3 is 9.90 Å². The van der Waals surface area contributed by atoms with Crippen LogP contribution in [0.5, 0.6) is 0 Å². The Morgan fingerprint density at radius 3 is 1.58 bits per heavy atom. The first kappa shape index (κ1) is 31.0. The van der Waals surface area contributed by atoms with Gasteiger partial charge in [0.1, 0.15) is 6.79 Å². The van der Waals surface area contributed by atoms with Gasteiger partial charge in [0.05, 0.1) is 6.10 Å². The Balaban J connectivity index is 0. The van der Waals surface area contributed by atoms with Crippen LogP contribution >= 0.6 is 0 Å². The summed E-state index contributed by atoms with van der Waals surface area (Å²) in [4.78, 5) is 8.00. The second-order valence-electron chi connectivity index (χ2n) is 8.46. The lowest BCUT2D eigenvalue weighted by Crippen LogP contribution is -2.09. The van der Waals surface area contributed by atoms with E-state index < -0.39 is 0 Å². The molecule has 0 fully saturated rings. The summed E-state index contributed by atoms with van der Waals surface area (Å²) in [7, 11) is 0. The van der Waals surface area contributed by atoms with Crippen LogP contribution in [0, 0.1) is 5.41 Å². The number of aliphatic hydroxyl groups excluding tert-OH is 1. The topological polar surface area (TPSA) is 37.3 Å². The van der Waals surface area contributed by atoms with Gasteiger partial charge in [0, 0.05) is 0 Å². The van der Waals surface area contributed by atoms with Gasteiger partial charge in [0.2, 0.25) is 0 Å². The van der Waals surface area contributed by atoms with Crippen molar-refractivity contribution in [1.82, 2.24) is 0 Å². The molecular formula is C29H46O2. The van der Waals surface area contributed by atoms with Crippen LogP contribution in [0.2, 0.25) is 0 Å². The minimum Gasteiger partial charge on any atom is -0.393 e. The number of carbonyl (C=O) groups is 1. The van der Waals surface area contributed by atoms with Crippen LogP contribution in [0.4, 0.5) is 0 Å². The maximum Gasteiger partial charge on any atom is 0.106 e. The Bertz CT molecular complexity index is 600. The Kier molecular flexibility index (Phi) is 19.8. The van der Waals surface area contributed by atoms with E-state index in [4.69, 9.17) is 4.79 Å². The molecule has 0 aliphatic heterocycles. The highest BCUT2D eigenvalue weighted by molar-refractivity contribution is 5.77. The van der Waals surface area contributed by atoms with Crippen molar-refractivity contribution in [3.63, 3.8) is 0 Å². The highest BCUT2D eigenvalue weighted by Crippen LogP contribution is 2.23. The molecule has 0 aliphatic rings. The second-order valence-corrected chi connectivity index (χ2v) is 8.46. The molecule has 2 heteroatoms. The van der Waals surface area contributed by atoms with E-state index in [0.717, 1.165) is 31.3 Å². The highest BCUT2D eigenvalue weighted by Gasteiger charge is 2.11. The lowest BCUT2D eigenvalue weighted by Gasteiger charge is -2.18. The van der Waals surface area contributed by atoms with Gasteiger partial charge in [0.15, 0.2) is 0 Å². The van der Waals surface area contributed by atoms with Crippen molar-refractivity contribution in [2.75, 3.05) is 0 Å². The molecule has 0 spiro atoms. The van der Waals surface area contributed by atoms with E-state index in [2.05, 4.69) is 58.5 Å². The zero-order valence-corrected chi connectivity index (χ0v) is 20.9. The molecule has 0 radical (unpaired) electrons. The Hall–Kier alpha value is -2.19. The Morgan fingerprint density at radius 2 is 1.23 bits per heavy atom. The molecule has 174 valence electrons. The minimum absolute atomic E-state index is 0.0534. The largest absolute Gasteiger partial charge is 0.393 e. The molecule has 2 aromatic rings. The molecule has 1 N–H and O–H groups in total. The van der Waals surface area contributed by atoms with Gasteiger partial charge in [-0.05, 0) is 41.4 Å². The molecule has 1 atom stereocenters. The first-order valence-corrected chi connectivity index (χ1v) is 11.6. The summed E-state index contributed by atoms with van der Waals surface area (Å²) in [5, 5.41) is 9.58. The molecule has 2 nitrogen and oxygen atoms in total. The minimum atomic E-state index is -0.0534. The van der Waals surface area contributed by atoms with E-state index in [-0.39, 0.29) is 6.10 Å². The maximum atomic E-state index is 9.58. The predicted octanol–water partition coefficient (Wildman–Crippen LogP) is 8.34. The maximum absolute atomic E-state index is 9.58. The van der Waals surface area contributed by atoms with E-state index >= 15 is 0 Å². The first-order valence-electron chi connectivity index (χ1n) is 11.6. The van der Waals surface area contributed by atoms with Crippen LogP contribution in [-0.2, 0) is 4.79 Å². The van der Waals surface area contributed by atoms with Crippen molar-refractivity contribution in [3.8, 4) is 0 Å². The van der Waals surface area contributed by atoms with E-state index in [9.17, 15) is 5.11 Å². The number of rotatable bonds is 8. The molecule has 1 unspecified atom stereocenters. The van der Waals surface area contributed by atoms with Gasteiger partial charge in [-0.15, -0.1) is 0 Å². The fourth-order valence-electron chi connectivity index (χ4n) is 2.90. The first-order chi connectivity index (χ1) is 14.8. The van der Waals surface area contributed by atoms with Crippen LogP contribution in [-0.4, -0.2) is 18.0 Å². The summed E-state index contributed by atoms with van der Waals surface area (Å²) in [6, 6.07) is 20.5. The van der Waals surface area contributed by atoms with E-state index in [0.29, 0.717) is 5.41 Å². The summed E-state index contributed by atoms with van der Waals surface area (Å²) in [6.45, 7) is 19.0. The van der Waals surface area contributed by atoms with Gasteiger partial charge in [-0.3, -0.25) is 0 Å². The van der Waals surface area contributed by atoms with Crippen LogP contribution in [0.25, 0.3) is 5.57 Å². The average molecular weight is 427 g/mol. The van der Waals surface area contributed by atoms with Crippen molar-refractivity contribution in [1.29, 1.82) is 0 Å². The molecule has 0 amide bonds. The number of benzene rings is 2. The van der Waals surface area contributed by atoms with E-state index in [1.54, 1.807) is 0 Å². The fraction of sp³-hybridized carbons (Fsp3) is 0.483. The zero-order valence-electron chi connectivity index (χ0n) is 20.9. The summed E-state index contributed by atoms with van der Waals surface area (Å²) in [5.74, 6) is 0. The molecule has 0 heterocycles. The van der Waals surface area contributed by atoms with Crippen LogP contribution in [0.3, 0.4) is 0 Å². The number of aliphatic hydroxyl groups is 1. The van der Waals surface area contributed by atoms with Crippen LogP contribution in [0.1, 0.15) is 91.2 Å². The van der Waals surface area contributed by atoms with Gasteiger partial charge in [0.25, 0.3) is 0 Å². The molecule has 0 aliphatic carbocycles. The SMILES string of the molecule is C=C(c1ccccc1)c1ccccc1.C=O.CC.CCCCC(O)CCCC(C)(C)C. The number of hydrogen-bond donors (Lipinski definition) is 1. The van der Waals surface area contributed by atoms with Gasteiger partial charge in [-0.25, -0.2) is 0 Å². The van der Waals surface area contributed by atoms with E-state index in [1.807, 2.05) is 57.0 Å². The zero-order chi connectivity index (χ0) is 24.1. The van der Waals surface area contributed by atoms with E-state index in [1.165, 1.54) is 24.0 Å². The van der Waals surface area contributed by atoms with Gasteiger partial charge in [-0.2, -0.15) is 0 Å². The van der Waals surface area contributed by atoms with Crippen LogP contribution in [0.15, 0.2) is 67.2 Å². The van der Waals surface area contributed by atoms with Crippen molar-refractivity contribution >= 4 is 12.4 Å². The quantitative estimate of drug-likeness (QED) is 0.460.